The Balaban J connectivity index is 2.08. The second-order valence-corrected chi connectivity index (χ2v) is 8.05. The molecule has 1 amide bonds. The smallest absolute Gasteiger partial charge is 0.330 e. The molecule has 0 spiro atoms. The zero-order chi connectivity index (χ0) is 24.0. The summed E-state index contributed by atoms with van der Waals surface area (Å²) in [6.45, 7) is 6.55. The van der Waals surface area contributed by atoms with Crippen LogP contribution in [0.4, 0.5) is 11.5 Å². The number of carbonyl (C=O) groups is 1. The fraction of sp³-hybridized carbons (Fsp3) is 0.417. The number of para-hydroxylation sites is 1. The molecule has 0 bridgehead atoms. The third kappa shape index (κ3) is 5.08. The Hall–Kier alpha value is -3.62. The molecule has 0 atom stereocenters. The van der Waals surface area contributed by atoms with Crippen molar-refractivity contribution < 1.29 is 4.79 Å². The highest BCUT2D eigenvalue weighted by atomic mass is 16.2. The number of amides is 1. The number of benzene rings is 1. The number of unbranched alkanes of at least 4 members (excludes halogenated alkanes) is 3. The molecule has 0 aliphatic carbocycles. The molecule has 0 aliphatic rings. The average Bonchev–Trinajstić information content (AvgIpc) is 3.19. The number of anilines is 2. The van der Waals surface area contributed by atoms with Crippen molar-refractivity contribution in [3.63, 3.8) is 0 Å². The van der Waals surface area contributed by atoms with Crippen LogP contribution in [0.3, 0.4) is 0 Å². The number of rotatable bonds is 10. The van der Waals surface area contributed by atoms with Gasteiger partial charge in [-0.15, -0.1) is 0 Å². The largest absolute Gasteiger partial charge is 0.383 e. The van der Waals surface area contributed by atoms with Crippen LogP contribution in [-0.2, 0) is 6.54 Å². The summed E-state index contributed by atoms with van der Waals surface area (Å²) in [6, 6.07) is 9.51. The minimum atomic E-state index is -0.664. The number of nitrogens with two attached hydrogens (primary N) is 1. The molecule has 2 aromatic heterocycles. The van der Waals surface area contributed by atoms with E-state index in [-0.39, 0.29) is 17.4 Å². The number of nitrogen functional groups attached to an aromatic ring is 1. The van der Waals surface area contributed by atoms with Crippen LogP contribution in [0.5, 0.6) is 0 Å². The molecule has 0 unspecified atom stereocenters. The average molecular weight is 453 g/mol. The first-order chi connectivity index (χ1) is 15.9. The summed E-state index contributed by atoms with van der Waals surface area (Å²) in [5.74, 6) is -0.362. The lowest BCUT2D eigenvalue weighted by atomic mass is 10.1. The first-order valence-electron chi connectivity index (χ1n) is 11.4. The molecule has 3 N–H and O–H groups in total. The second kappa shape index (κ2) is 10.8. The lowest BCUT2D eigenvalue weighted by Gasteiger charge is -2.24. The highest BCUT2D eigenvalue weighted by Gasteiger charge is 2.27. The maximum atomic E-state index is 13.7. The number of hydrogen-bond acceptors (Lipinski definition) is 5. The molecule has 9 nitrogen and oxygen atoms in total. The molecule has 1 aromatic carbocycles. The van der Waals surface area contributed by atoms with E-state index >= 15 is 0 Å². The molecule has 33 heavy (non-hydrogen) atoms. The van der Waals surface area contributed by atoms with Crippen molar-refractivity contribution in [1.29, 1.82) is 0 Å². The summed E-state index contributed by atoms with van der Waals surface area (Å²) < 4.78 is 3.02. The summed E-state index contributed by atoms with van der Waals surface area (Å²) in [4.78, 5) is 42.6. The number of nitrogens with zero attached hydrogens (tertiary/aromatic N) is 4. The van der Waals surface area contributed by atoms with E-state index in [1.165, 1.54) is 15.7 Å². The quantitative estimate of drug-likeness (QED) is 0.458. The van der Waals surface area contributed by atoms with Crippen LogP contribution < -0.4 is 21.9 Å². The van der Waals surface area contributed by atoms with Crippen molar-refractivity contribution in [1.82, 2.24) is 19.3 Å². The van der Waals surface area contributed by atoms with E-state index in [0.29, 0.717) is 30.8 Å². The molecule has 176 valence electrons. The monoisotopic (exact) mass is 452 g/mol. The van der Waals surface area contributed by atoms with Gasteiger partial charge in [-0.1, -0.05) is 51.3 Å². The molecule has 0 saturated heterocycles. The third-order valence-corrected chi connectivity index (χ3v) is 5.69. The Morgan fingerprint density at radius 3 is 2.45 bits per heavy atom. The van der Waals surface area contributed by atoms with Crippen LogP contribution >= 0.6 is 0 Å². The van der Waals surface area contributed by atoms with E-state index in [4.69, 9.17) is 5.73 Å². The van der Waals surface area contributed by atoms with Gasteiger partial charge in [0.05, 0.1) is 23.1 Å². The van der Waals surface area contributed by atoms with Crippen molar-refractivity contribution in [2.24, 2.45) is 0 Å². The van der Waals surface area contributed by atoms with Crippen LogP contribution in [0.1, 0.15) is 62.0 Å². The molecule has 0 radical (unpaired) electrons. The fourth-order valence-electron chi connectivity index (χ4n) is 3.81. The van der Waals surface area contributed by atoms with Gasteiger partial charge in [0, 0.05) is 13.1 Å². The summed E-state index contributed by atoms with van der Waals surface area (Å²) in [5.41, 5.74) is 6.95. The maximum absolute atomic E-state index is 13.7. The van der Waals surface area contributed by atoms with Crippen molar-refractivity contribution in [3.8, 4) is 5.69 Å². The predicted octanol–water partition coefficient (Wildman–Crippen LogP) is 3.25. The number of nitrogens with one attached hydrogen (secondary N) is 1. The normalized spacial score (nSPS) is 11.0. The Labute approximate surface area is 192 Å². The van der Waals surface area contributed by atoms with Crippen molar-refractivity contribution in [3.05, 3.63) is 68.6 Å². The van der Waals surface area contributed by atoms with Crippen LogP contribution in [0.2, 0.25) is 0 Å². The molecule has 0 saturated carbocycles. The molecule has 0 fully saturated rings. The Morgan fingerprint density at radius 1 is 1.09 bits per heavy atom. The first kappa shape index (κ1) is 24.0. The number of carbonyl (C=O) groups excluding carboxylic acids is 1. The van der Waals surface area contributed by atoms with Crippen LogP contribution in [-0.4, -0.2) is 31.8 Å². The van der Waals surface area contributed by atoms with Gasteiger partial charge in [-0.05, 0) is 31.9 Å². The molecule has 0 aliphatic heterocycles. The number of aromatic nitrogens is 4. The topological polar surface area (TPSA) is 119 Å². The van der Waals surface area contributed by atoms with Crippen molar-refractivity contribution in [2.45, 2.75) is 59.4 Å². The fourth-order valence-corrected chi connectivity index (χ4v) is 3.81. The molecular formula is C24H32N6O3. The van der Waals surface area contributed by atoms with Crippen molar-refractivity contribution in [2.75, 3.05) is 17.2 Å². The molecule has 2 heterocycles. The van der Waals surface area contributed by atoms with E-state index < -0.39 is 11.2 Å². The van der Waals surface area contributed by atoms with E-state index in [9.17, 15) is 14.4 Å². The number of H-pyrrole nitrogens is 1. The Morgan fingerprint density at radius 2 is 1.79 bits per heavy atom. The molecular weight excluding hydrogens is 420 g/mol. The predicted molar refractivity (Wildman–Crippen MR) is 130 cm³/mol. The van der Waals surface area contributed by atoms with Crippen LogP contribution in [0, 0.1) is 6.92 Å². The molecule has 9 heteroatoms. The lowest BCUT2D eigenvalue weighted by molar-refractivity contribution is 0.0985. The van der Waals surface area contributed by atoms with Gasteiger partial charge in [0.2, 0.25) is 0 Å². The van der Waals surface area contributed by atoms with E-state index in [2.05, 4.69) is 17.0 Å². The minimum absolute atomic E-state index is 0.00940. The number of aromatic amines is 1. The van der Waals surface area contributed by atoms with Gasteiger partial charge in [-0.3, -0.25) is 19.1 Å². The Kier molecular flexibility index (Phi) is 7.87. The van der Waals surface area contributed by atoms with Gasteiger partial charge in [0.25, 0.3) is 11.5 Å². The molecule has 3 rings (SSSR count). The number of hydrogen-bond donors (Lipinski definition) is 2. The standard InChI is InChI=1S/C24H32N6O3/c1-4-6-11-15-28(20-21(25)29(14-7-5-2)24(33)27-22(20)31)23(32)19-16-26-30(17(19)3)18-12-9-8-10-13-18/h8-10,12-13,16H,4-7,11,14-15,25H2,1-3H3,(H,27,31,33). The minimum Gasteiger partial charge on any atom is -0.383 e. The zero-order valence-electron chi connectivity index (χ0n) is 19.5. The third-order valence-electron chi connectivity index (χ3n) is 5.69. The summed E-state index contributed by atoms with van der Waals surface area (Å²) in [6.07, 6.45) is 5.63. The highest BCUT2D eigenvalue weighted by Crippen LogP contribution is 2.23. The lowest BCUT2D eigenvalue weighted by Crippen LogP contribution is -2.41. The summed E-state index contributed by atoms with van der Waals surface area (Å²) in [5, 5.41) is 4.39. The van der Waals surface area contributed by atoms with Gasteiger partial charge in [0.1, 0.15) is 5.82 Å². The SMILES string of the molecule is CCCCCN(C(=O)c1cnn(-c2ccccc2)c1C)c1c(N)n(CCCC)c(=O)[nH]c1=O. The first-order valence-corrected chi connectivity index (χ1v) is 11.4. The summed E-state index contributed by atoms with van der Waals surface area (Å²) in [7, 11) is 0. The zero-order valence-corrected chi connectivity index (χ0v) is 19.5. The van der Waals surface area contributed by atoms with E-state index in [1.807, 2.05) is 44.2 Å². The van der Waals surface area contributed by atoms with Gasteiger partial charge in [0.15, 0.2) is 5.69 Å². The van der Waals surface area contributed by atoms with Crippen molar-refractivity contribution >= 4 is 17.4 Å². The van der Waals surface area contributed by atoms with Gasteiger partial charge < -0.3 is 10.6 Å². The van der Waals surface area contributed by atoms with E-state index in [1.54, 1.807) is 4.68 Å². The maximum Gasteiger partial charge on any atom is 0.330 e. The van der Waals surface area contributed by atoms with Crippen LogP contribution in [0.15, 0.2) is 46.1 Å². The van der Waals surface area contributed by atoms with Gasteiger partial charge >= 0.3 is 5.69 Å². The van der Waals surface area contributed by atoms with Gasteiger partial charge in [-0.25, -0.2) is 9.48 Å². The highest BCUT2D eigenvalue weighted by molar-refractivity contribution is 6.07. The van der Waals surface area contributed by atoms with E-state index in [0.717, 1.165) is 31.4 Å². The summed E-state index contributed by atoms with van der Waals surface area (Å²) >= 11 is 0. The van der Waals surface area contributed by atoms with Gasteiger partial charge in [-0.2, -0.15) is 5.10 Å². The molecule has 3 aromatic rings. The van der Waals surface area contributed by atoms with Crippen LogP contribution in [0.25, 0.3) is 5.69 Å². The second-order valence-electron chi connectivity index (χ2n) is 8.05. The Bertz CT molecular complexity index is 1210.